The number of hydrogen-bond donors (Lipinski definition) is 1. The van der Waals surface area contributed by atoms with E-state index in [0.29, 0.717) is 17.4 Å². The first-order valence-electron chi connectivity index (χ1n) is 6.95. The van der Waals surface area contributed by atoms with Crippen LogP contribution < -0.4 is 4.90 Å². The average molecular weight is 265 g/mol. The first-order valence-corrected chi connectivity index (χ1v) is 6.95. The van der Waals surface area contributed by atoms with Gasteiger partial charge in [-0.25, -0.2) is 9.37 Å². The van der Waals surface area contributed by atoms with Gasteiger partial charge >= 0.3 is 0 Å². The number of nitrogens with zero attached hydrogens (tertiary/aromatic N) is 3. The molecule has 19 heavy (non-hydrogen) atoms. The highest BCUT2D eigenvalue weighted by atomic mass is 19.1. The van der Waals surface area contributed by atoms with Gasteiger partial charge in [-0.05, 0) is 32.4 Å². The number of anilines is 1. The van der Waals surface area contributed by atoms with E-state index in [1.165, 1.54) is 18.9 Å². The zero-order valence-electron chi connectivity index (χ0n) is 11.2. The Bertz CT molecular complexity index is 468. The first-order chi connectivity index (χ1) is 9.20. The number of aliphatic hydroxyl groups excluding tert-OH is 1. The Labute approximate surface area is 112 Å². The van der Waals surface area contributed by atoms with Crippen molar-refractivity contribution in [2.45, 2.75) is 38.5 Å². The van der Waals surface area contributed by atoms with Gasteiger partial charge in [0.2, 0.25) is 0 Å². The van der Waals surface area contributed by atoms with Crippen molar-refractivity contribution >= 4 is 5.82 Å². The molecule has 3 heterocycles. The molecule has 2 aliphatic heterocycles. The Balaban J connectivity index is 1.89. The molecule has 2 atom stereocenters. The molecule has 0 bridgehead atoms. The molecule has 0 saturated carbocycles. The predicted octanol–water partition coefficient (Wildman–Crippen LogP) is 1.39. The van der Waals surface area contributed by atoms with Crippen molar-refractivity contribution in [3.8, 4) is 0 Å². The SMILES string of the molecule is CC1CN2CCCC2CN1c1nccc(CO)c1F. The third-order valence-corrected chi connectivity index (χ3v) is 4.33. The molecule has 104 valence electrons. The molecule has 4 nitrogen and oxygen atoms in total. The summed E-state index contributed by atoms with van der Waals surface area (Å²) in [5, 5.41) is 9.16. The van der Waals surface area contributed by atoms with Crippen LogP contribution in [-0.4, -0.2) is 46.7 Å². The van der Waals surface area contributed by atoms with Gasteiger partial charge in [-0.2, -0.15) is 0 Å². The van der Waals surface area contributed by atoms with Gasteiger partial charge in [-0.1, -0.05) is 0 Å². The van der Waals surface area contributed by atoms with E-state index in [2.05, 4.69) is 21.7 Å². The van der Waals surface area contributed by atoms with E-state index < -0.39 is 0 Å². The first kappa shape index (κ1) is 12.8. The number of piperazine rings is 1. The molecule has 2 saturated heterocycles. The normalized spacial score (nSPS) is 27.6. The van der Waals surface area contributed by atoms with E-state index in [0.717, 1.165) is 19.6 Å². The summed E-state index contributed by atoms with van der Waals surface area (Å²) in [6, 6.07) is 2.32. The smallest absolute Gasteiger partial charge is 0.171 e. The summed E-state index contributed by atoms with van der Waals surface area (Å²) < 4.78 is 14.3. The van der Waals surface area contributed by atoms with E-state index in [4.69, 9.17) is 5.11 Å². The van der Waals surface area contributed by atoms with E-state index in [-0.39, 0.29) is 18.5 Å². The number of rotatable bonds is 2. The molecule has 0 aliphatic carbocycles. The fraction of sp³-hybridized carbons (Fsp3) is 0.643. The fourth-order valence-electron chi connectivity index (χ4n) is 3.28. The molecule has 1 aromatic heterocycles. The number of pyridine rings is 1. The van der Waals surface area contributed by atoms with Gasteiger partial charge < -0.3 is 10.0 Å². The van der Waals surface area contributed by atoms with Crippen LogP contribution in [-0.2, 0) is 6.61 Å². The molecule has 2 unspecified atom stereocenters. The van der Waals surface area contributed by atoms with Gasteiger partial charge in [0.1, 0.15) is 0 Å². The highest BCUT2D eigenvalue weighted by molar-refractivity contribution is 5.45. The molecule has 0 aromatic carbocycles. The lowest BCUT2D eigenvalue weighted by Gasteiger charge is -2.43. The van der Waals surface area contributed by atoms with Crippen molar-refractivity contribution in [2.24, 2.45) is 0 Å². The van der Waals surface area contributed by atoms with Gasteiger partial charge in [0, 0.05) is 36.9 Å². The molecule has 0 spiro atoms. The van der Waals surface area contributed by atoms with Gasteiger partial charge in [0.05, 0.1) is 6.61 Å². The summed E-state index contributed by atoms with van der Waals surface area (Å²) in [6.45, 7) is 4.80. The molecule has 1 N–H and O–H groups in total. The third kappa shape index (κ3) is 2.21. The summed E-state index contributed by atoms with van der Waals surface area (Å²) in [4.78, 5) is 8.75. The maximum absolute atomic E-state index is 14.3. The van der Waals surface area contributed by atoms with E-state index >= 15 is 0 Å². The minimum Gasteiger partial charge on any atom is -0.392 e. The second-order valence-electron chi connectivity index (χ2n) is 5.56. The van der Waals surface area contributed by atoms with Crippen LogP contribution >= 0.6 is 0 Å². The van der Waals surface area contributed by atoms with Gasteiger partial charge in [-0.3, -0.25) is 4.90 Å². The highest BCUT2D eigenvalue weighted by Crippen LogP contribution is 2.29. The largest absolute Gasteiger partial charge is 0.392 e. The Kier molecular flexibility index (Phi) is 3.41. The molecule has 0 amide bonds. The van der Waals surface area contributed by atoms with E-state index in [1.807, 2.05) is 0 Å². The zero-order valence-corrected chi connectivity index (χ0v) is 11.2. The monoisotopic (exact) mass is 265 g/mol. The minimum atomic E-state index is -0.372. The topological polar surface area (TPSA) is 39.6 Å². The molecule has 2 aliphatic rings. The summed E-state index contributed by atoms with van der Waals surface area (Å²) in [7, 11) is 0. The molecule has 3 rings (SSSR count). The zero-order chi connectivity index (χ0) is 13.4. The summed E-state index contributed by atoms with van der Waals surface area (Å²) >= 11 is 0. The quantitative estimate of drug-likeness (QED) is 0.877. The maximum Gasteiger partial charge on any atom is 0.171 e. The summed E-state index contributed by atoms with van der Waals surface area (Å²) in [6.07, 6.45) is 4.00. The van der Waals surface area contributed by atoms with Gasteiger partial charge in [0.15, 0.2) is 11.6 Å². The maximum atomic E-state index is 14.3. The predicted molar refractivity (Wildman–Crippen MR) is 71.5 cm³/mol. The lowest BCUT2D eigenvalue weighted by Crippen LogP contribution is -2.55. The molecular formula is C14H20FN3O. The van der Waals surface area contributed by atoms with Crippen molar-refractivity contribution in [3.05, 3.63) is 23.6 Å². The fourth-order valence-corrected chi connectivity index (χ4v) is 3.28. The Morgan fingerprint density at radius 1 is 1.47 bits per heavy atom. The lowest BCUT2D eigenvalue weighted by molar-refractivity contribution is 0.201. The van der Waals surface area contributed by atoms with E-state index in [9.17, 15) is 4.39 Å². The third-order valence-electron chi connectivity index (χ3n) is 4.33. The highest BCUT2D eigenvalue weighted by Gasteiger charge is 2.35. The average Bonchev–Trinajstić information content (AvgIpc) is 2.85. The minimum absolute atomic E-state index is 0.255. The number of fused-ring (bicyclic) bond motifs is 1. The Hall–Kier alpha value is -1.20. The number of halogens is 1. The number of aliphatic hydroxyl groups is 1. The van der Waals surface area contributed by atoms with Gasteiger partial charge in [0.25, 0.3) is 0 Å². The van der Waals surface area contributed by atoms with Gasteiger partial charge in [-0.15, -0.1) is 0 Å². The molecule has 1 aromatic rings. The standard InChI is InChI=1S/C14H20FN3O/c1-10-7-17-6-2-3-12(17)8-18(10)14-13(15)11(9-19)4-5-16-14/h4-5,10,12,19H,2-3,6-9H2,1H3. The Morgan fingerprint density at radius 2 is 2.32 bits per heavy atom. The van der Waals surface area contributed by atoms with Crippen LogP contribution in [0.1, 0.15) is 25.3 Å². The van der Waals surface area contributed by atoms with Crippen molar-refractivity contribution in [2.75, 3.05) is 24.5 Å². The van der Waals surface area contributed by atoms with Crippen LogP contribution in [0.25, 0.3) is 0 Å². The lowest BCUT2D eigenvalue weighted by atomic mass is 10.1. The molecule has 2 fully saturated rings. The molecular weight excluding hydrogens is 245 g/mol. The number of hydrogen-bond acceptors (Lipinski definition) is 4. The van der Waals surface area contributed by atoms with Crippen molar-refractivity contribution in [1.82, 2.24) is 9.88 Å². The van der Waals surface area contributed by atoms with Crippen LogP contribution in [0.4, 0.5) is 10.2 Å². The van der Waals surface area contributed by atoms with Crippen LogP contribution in [0.3, 0.4) is 0 Å². The van der Waals surface area contributed by atoms with Crippen LogP contribution in [0.2, 0.25) is 0 Å². The second-order valence-corrected chi connectivity index (χ2v) is 5.56. The van der Waals surface area contributed by atoms with Crippen molar-refractivity contribution in [1.29, 1.82) is 0 Å². The number of aromatic nitrogens is 1. The van der Waals surface area contributed by atoms with E-state index in [1.54, 1.807) is 6.20 Å². The van der Waals surface area contributed by atoms with Crippen LogP contribution in [0.15, 0.2) is 12.3 Å². The van der Waals surface area contributed by atoms with Crippen molar-refractivity contribution in [3.63, 3.8) is 0 Å². The van der Waals surface area contributed by atoms with Crippen LogP contribution in [0.5, 0.6) is 0 Å². The van der Waals surface area contributed by atoms with Crippen molar-refractivity contribution < 1.29 is 9.50 Å². The second kappa shape index (κ2) is 5.06. The summed E-state index contributed by atoms with van der Waals surface area (Å²) in [5.74, 6) is 0.0221. The molecule has 5 heteroatoms. The Morgan fingerprint density at radius 3 is 3.11 bits per heavy atom. The van der Waals surface area contributed by atoms with Crippen LogP contribution in [0, 0.1) is 5.82 Å². The molecule has 0 radical (unpaired) electrons. The summed E-state index contributed by atoms with van der Waals surface area (Å²) in [5.41, 5.74) is 0.325.